The lowest BCUT2D eigenvalue weighted by Gasteiger charge is -2.19. The standard InChI is InChI=1S/C18H15N3O4/c22-17-8-3-9-21(17)14-6-2-1-5-12(14)19-18(23)13-11-16(25-20-13)15-7-4-10-24-15/h1-2,4-7,10-11H,3,8-9H2,(H,19,23). The van der Waals surface area contributed by atoms with Crippen LogP contribution in [0, 0.1) is 0 Å². The first-order chi connectivity index (χ1) is 12.2. The van der Waals surface area contributed by atoms with Crippen molar-refractivity contribution in [3.8, 4) is 11.5 Å². The van der Waals surface area contributed by atoms with Crippen LogP contribution in [-0.2, 0) is 4.79 Å². The third-order valence-electron chi connectivity index (χ3n) is 4.02. The normalized spacial score (nSPS) is 14.1. The Bertz CT molecular complexity index is 914. The summed E-state index contributed by atoms with van der Waals surface area (Å²) in [5.74, 6) is 0.511. The number of amides is 2. The maximum absolute atomic E-state index is 12.5. The van der Waals surface area contributed by atoms with E-state index in [9.17, 15) is 9.59 Å². The number of carbonyl (C=O) groups is 2. The van der Waals surface area contributed by atoms with Crippen LogP contribution in [0.15, 0.2) is 57.7 Å². The molecule has 3 aromatic rings. The van der Waals surface area contributed by atoms with Crippen LogP contribution in [-0.4, -0.2) is 23.5 Å². The molecule has 1 aliphatic heterocycles. The van der Waals surface area contributed by atoms with Gasteiger partial charge in [0, 0.05) is 19.0 Å². The predicted molar refractivity (Wildman–Crippen MR) is 90.2 cm³/mol. The number of nitrogens with one attached hydrogen (secondary N) is 1. The number of anilines is 2. The van der Waals surface area contributed by atoms with Gasteiger partial charge in [0.15, 0.2) is 11.5 Å². The van der Waals surface area contributed by atoms with Crippen molar-refractivity contribution >= 4 is 23.2 Å². The minimum Gasteiger partial charge on any atom is -0.461 e. The van der Waals surface area contributed by atoms with Crippen molar-refractivity contribution in [2.45, 2.75) is 12.8 Å². The smallest absolute Gasteiger partial charge is 0.277 e. The van der Waals surface area contributed by atoms with E-state index in [0.717, 1.165) is 6.42 Å². The van der Waals surface area contributed by atoms with E-state index in [0.29, 0.717) is 35.9 Å². The highest BCUT2D eigenvalue weighted by atomic mass is 16.5. The Kier molecular flexibility index (Phi) is 3.81. The fourth-order valence-electron chi connectivity index (χ4n) is 2.82. The molecule has 1 N–H and O–H groups in total. The number of carbonyl (C=O) groups excluding carboxylic acids is 2. The fourth-order valence-corrected chi connectivity index (χ4v) is 2.82. The van der Waals surface area contributed by atoms with Crippen molar-refractivity contribution in [1.82, 2.24) is 5.16 Å². The van der Waals surface area contributed by atoms with Crippen molar-refractivity contribution < 1.29 is 18.5 Å². The van der Waals surface area contributed by atoms with Gasteiger partial charge < -0.3 is 19.2 Å². The third kappa shape index (κ3) is 2.91. The molecule has 0 radical (unpaired) electrons. The number of nitrogens with zero attached hydrogens (tertiary/aromatic N) is 2. The van der Waals surface area contributed by atoms with Crippen LogP contribution in [0.25, 0.3) is 11.5 Å². The maximum atomic E-state index is 12.5. The molecule has 2 amide bonds. The summed E-state index contributed by atoms with van der Waals surface area (Å²) in [6.45, 7) is 0.651. The van der Waals surface area contributed by atoms with Gasteiger partial charge in [-0.25, -0.2) is 0 Å². The van der Waals surface area contributed by atoms with Gasteiger partial charge in [-0.1, -0.05) is 17.3 Å². The second-order valence-electron chi connectivity index (χ2n) is 5.67. The molecular formula is C18H15N3O4. The number of rotatable bonds is 4. The molecule has 1 saturated heterocycles. The molecule has 0 unspecified atom stereocenters. The summed E-state index contributed by atoms with van der Waals surface area (Å²) >= 11 is 0. The van der Waals surface area contributed by atoms with Crippen molar-refractivity contribution in [3.05, 3.63) is 54.4 Å². The number of furan rings is 1. The quantitative estimate of drug-likeness (QED) is 0.789. The topological polar surface area (TPSA) is 88.6 Å². The largest absolute Gasteiger partial charge is 0.461 e. The molecule has 0 bridgehead atoms. The minimum absolute atomic E-state index is 0.0586. The number of hydrogen-bond acceptors (Lipinski definition) is 5. The molecule has 25 heavy (non-hydrogen) atoms. The Labute approximate surface area is 143 Å². The van der Waals surface area contributed by atoms with Gasteiger partial charge in [-0.2, -0.15) is 0 Å². The summed E-state index contributed by atoms with van der Waals surface area (Å²) in [4.78, 5) is 26.2. The van der Waals surface area contributed by atoms with Crippen molar-refractivity contribution in [1.29, 1.82) is 0 Å². The minimum atomic E-state index is -0.416. The first kappa shape index (κ1) is 15.2. The molecule has 7 heteroatoms. The van der Waals surface area contributed by atoms with Gasteiger partial charge in [0.25, 0.3) is 5.91 Å². The Hall–Kier alpha value is -3.35. The average Bonchev–Trinajstić information content (AvgIpc) is 3.36. The second-order valence-corrected chi connectivity index (χ2v) is 5.67. The molecule has 0 aliphatic carbocycles. The molecule has 126 valence electrons. The summed E-state index contributed by atoms with van der Waals surface area (Å²) in [7, 11) is 0. The zero-order valence-electron chi connectivity index (χ0n) is 13.3. The molecule has 1 aliphatic rings. The van der Waals surface area contributed by atoms with Crippen LogP contribution in [0.3, 0.4) is 0 Å². The van der Waals surface area contributed by atoms with Crippen molar-refractivity contribution in [2.24, 2.45) is 0 Å². The highest BCUT2D eigenvalue weighted by Gasteiger charge is 2.24. The van der Waals surface area contributed by atoms with E-state index >= 15 is 0 Å². The Balaban J connectivity index is 1.56. The van der Waals surface area contributed by atoms with Crippen LogP contribution in [0.2, 0.25) is 0 Å². The third-order valence-corrected chi connectivity index (χ3v) is 4.02. The molecule has 7 nitrogen and oxygen atoms in total. The van der Waals surface area contributed by atoms with Gasteiger partial charge in [-0.05, 0) is 30.7 Å². The first-order valence-corrected chi connectivity index (χ1v) is 7.94. The molecule has 3 heterocycles. The van der Waals surface area contributed by atoms with E-state index in [-0.39, 0.29) is 11.6 Å². The highest BCUT2D eigenvalue weighted by Crippen LogP contribution is 2.30. The summed E-state index contributed by atoms with van der Waals surface area (Å²) in [6.07, 6.45) is 2.86. The molecular weight excluding hydrogens is 322 g/mol. The van der Waals surface area contributed by atoms with Gasteiger partial charge in [0.05, 0.1) is 17.6 Å². The van der Waals surface area contributed by atoms with E-state index in [1.807, 2.05) is 12.1 Å². The van der Waals surface area contributed by atoms with E-state index < -0.39 is 5.91 Å². The summed E-state index contributed by atoms with van der Waals surface area (Å²) in [5, 5.41) is 6.58. The molecule has 2 aromatic heterocycles. The monoisotopic (exact) mass is 337 g/mol. The fraction of sp³-hybridized carbons (Fsp3) is 0.167. The van der Waals surface area contributed by atoms with Gasteiger partial charge >= 0.3 is 0 Å². The van der Waals surface area contributed by atoms with E-state index in [2.05, 4.69) is 10.5 Å². The Morgan fingerprint density at radius 1 is 1.16 bits per heavy atom. The Morgan fingerprint density at radius 3 is 2.80 bits per heavy atom. The zero-order chi connectivity index (χ0) is 17.2. The SMILES string of the molecule is O=C(Nc1ccccc1N1CCCC1=O)c1cc(-c2ccco2)on1. The lowest BCUT2D eigenvalue weighted by atomic mass is 10.2. The van der Waals surface area contributed by atoms with E-state index in [1.165, 1.54) is 12.3 Å². The lowest BCUT2D eigenvalue weighted by Crippen LogP contribution is -2.25. The summed E-state index contributed by atoms with van der Waals surface area (Å²) in [5.41, 5.74) is 1.38. The molecule has 1 aromatic carbocycles. The van der Waals surface area contributed by atoms with Crippen LogP contribution < -0.4 is 10.2 Å². The van der Waals surface area contributed by atoms with Gasteiger partial charge in [-0.3, -0.25) is 9.59 Å². The molecule has 4 rings (SSSR count). The first-order valence-electron chi connectivity index (χ1n) is 7.94. The molecule has 0 atom stereocenters. The Morgan fingerprint density at radius 2 is 2.04 bits per heavy atom. The van der Waals surface area contributed by atoms with Crippen LogP contribution >= 0.6 is 0 Å². The van der Waals surface area contributed by atoms with Crippen LogP contribution in [0.4, 0.5) is 11.4 Å². The average molecular weight is 337 g/mol. The van der Waals surface area contributed by atoms with Crippen LogP contribution in [0.5, 0.6) is 0 Å². The van der Waals surface area contributed by atoms with Crippen molar-refractivity contribution in [3.63, 3.8) is 0 Å². The zero-order valence-corrected chi connectivity index (χ0v) is 13.3. The predicted octanol–water partition coefficient (Wildman–Crippen LogP) is 3.31. The maximum Gasteiger partial charge on any atom is 0.277 e. The number of hydrogen-bond donors (Lipinski definition) is 1. The van der Waals surface area contributed by atoms with Crippen molar-refractivity contribution in [2.75, 3.05) is 16.8 Å². The van der Waals surface area contributed by atoms with Crippen LogP contribution in [0.1, 0.15) is 23.3 Å². The summed E-state index contributed by atoms with van der Waals surface area (Å²) < 4.78 is 10.4. The number of aromatic nitrogens is 1. The number of para-hydroxylation sites is 2. The number of benzene rings is 1. The van der Waals surface area contributed by atoms with Gasteiger partial charge in [0.2, 0.25) is 11.7 Å². The molecule has 0 spiro atoms. The molecule has 0 saturated carbocycles. The van der Waals surface area contributed by atoms with E-state index in [1.54, 1.807) is 29.2 Å². The van der Waals surface area contributed by atoms with Gasteiger partial charge in [-0.15, -0.1) is 0 Å². The molecule has 1 fully saturated rings. The highest BCUT2D eigenvalue weighted by molar-refractivity contribution is 6.07. The lowest BCUT2D eigenvalue weighted by molar-refractivity contribution is -0.117. The summed E-state index contributed by atoms with van der Waals surface area (Å²) in [6, 6.07) is 12.2. The van der Waals surface area contributed by atoms with Gasteiger partial charge in [0.1, 0.15) is 0 Å². The second kappa shape index (κ2) is 6.27. The van der Waals surface area contributed by atoms with E-state index in [4.69, 9.17) is 8.94 Å².